The Labute approximate surface area is 206 Å². The van der Waals surface area contributed by atoms with Gasteiger partial charge in [-0.15, -0.1) is 0 Å². The number of anilines is 1. The number of carbonyl (C=O) groups excluding carboxylic acids is 1. The van der Waals surface area contributed by atoms with Crippen molar-refractivity contribution in [2.75, 3.05) is 24.5 Å². The normalized spacial score (nSPS) is 19.8. The van der Waals surface area contributed by atoms with Crippen molar-refractivity contribution >= 4 is 23.7 Å². The molecule has 16 heteroatoms. The molecule has 37 heavy (non-hydrogen) atoms. The highest BCUT2D eigenvalue weighted by molar-refractivity contribution is 5.95. The van der Waals surface area contributed by atoms with Gasteiger partial charge in [-0.3, -0.25) is 19.3 Å². The molecule has 2 aliphatic rings. The van der Waals surface area contributed by atoms with E-state index in [0.717, 1.165) is 38.4 Å². The van der Waals surface area contributed by atoms with Crippen molar-refractivity contribution in [3.8, 4) is 0 Å². The van der Waals surface area contributed by atoms with Gasteiger partial charge in [0.05, 0.1) is 6.20 Å². The predicted octanol–water partition coefficient (Wildman–Crippen LogP) is 2.71. The Morgan fingerprint density at radius 2 is 1.65 bits per heavy atom. The molecule has 1 atom stereocenters. The van der Waals surface area contributed by atoms with Crippen molar-refractivity contribution in [3.05, 3.63) is 42.4 Å². The van der Waals surface area contributed by atoms with Crippen LogP contribution < -0.4 is 4.90 Å². The van der Waals surface area contributed by atoms with Gasteiger partial charge in [0.1, 0.15) is 5.82 Å². The minimum Gasteiger partial charge on any atom is -0.475 e. The second kappa shape index (κ2) is 11.6. The summed E-state index contributed by atoms with van der Waals surface area (Å²) in [7, 11) is 1.94. The number of aryl methyl sites for hydroxylation is 1. The van der Waals surface area contributed by atoms with E-state index in [9.17, 15) is 31.1 Å². The zero-order valence-electron chi connectivity index (χ0n) is 19.3. The fraction of sp³-hybridized carbons (Fsp3) is 0.476. The molecule has 1 unspecified atom stereocenters. The molecule has 1 spiro atoms. The van der Waals surface area contributed by atoms with E-state index in [1.807, 2.05) is 41.0 Å². The molecular weight excluding hydrogens is 516 g/mol. The number of pyridine rings is 1. The molecule has 2 fully saturated rings. The van der Waals surface area contributed by atoms with Crippen LogP contribution in [0.4, 0.5) is 32.2 Å². The second-order valence-electron chi connectivity index (χ2n) is 8.43. The number of likely N-dealkylation sites (tertiary alicyclic amines) is 1. The summed E-state index contributed by atoms with van der Waals surface area (Å²) in [5, 5.41) is 18.5. The van der Waals surface area contributed by atoms with Gasteiger partial charge in [0.15, 0.2) is 0 Å². The topological polar surface area (TPSA) is 129 Å². The smallest absolute Gasteiger partial charge is 0.475 e. The molecular formula is C21H23F6N5O5. The number of hydrogen-bond donors (Lipinski definition) is 2. The zero-order valence-corrected chi connectivity index (χ0v) is 19.3. The number of carboxylic acid groups (broad SMARTS) is 2. The first kappa shape index (κ1) is 29.5. The summed E-state index contributed by atoms with van der Waals surface area (Å²) in [4.78, 5) is 38.9. The number of halogens is 6. The minimum atomic E-state index is -5.08. The van der Waals surface area contributed by atoms with Gasteiger partial charge in [-0.25, -0.2) is 14.6 Å². The third kappa shape index (κ3) is 8.73. The van der Waals surface area contributed by atoms with Crippen LogP contribution in [0.1, 0.15) is 18.4 Å². The van der Waals surface area contributed by atoms with Crippen LogP contribution >= 0.6 is 0 Å². The fourth-order valence-corrected chi connectivity index (χ4v) is 3.87. The van der Waals surface area contributed by atoms with Crippen molar-refractivity contribution in [2.24, 2.45) is 12.5 Å². The summed E-state index contributed by atoms with van der Waals surface area (Å²) >= 11 is 0. The van der Waals surface area contributed by atoms with Crippen LogP contribution in [0.2, 0.25) is 0 Å². The van der Waals surface area contributed by atoms with Gasteiger partial charge in [-0.05, 0) is 25.1 Å². The lowest BCUT2D eigenvalue weighted by molar-refractivity contribution is -0.193. The van der Waals surface area contributed by atoms with Crippen molar-refractivity contribution in [1.29, 1.82) is 0 Å². The Morgan fingerprint density at radius 3 is 2.11 bits per heavy atom. The number of nitrogens with zero attached hydrogens (tertiary/aromatic N) is 5. The maximum Gasteiger partial charge on any atom is 0.490 e. The Kier molecular flexibility index (Phi) is 9.24. The summed E-state index contributed by atoms with van der Waals surface area (Å²) in [6, 6.07) is 5.73. The van der Waals surface area contributed by atoms with E-state index >= 15 is 0 Å². The molecule has 2 saturated heterocycles. The average molecular weight is 539 g/mol. The van der Waals surface area contributed by atoms with E-state index in [2.05, 4.69) is 21.2 Å². The molecule has 10 nitrogen and oxygen atoms in total. The molecule has 0 radical (unpaired) electrons. The van der Waals surface area contributed by atoms with Crippen LogP contribution in [0.5, 0.6) is 0 Å². The van der Waals surface area contributed by atoms with Gasteiger partial charge in [0.25, 0.3) is 0 Å². The predicted molar refractivity (Wildman–Crippen MR) is 114 cm³/mol. The van der Waals surface area contributed by atoms with Gasteiger partial charge >= 0.3 is 24.3 Å². The molecule has 0 saturated carbocycles. The number of amides is 1. The lowest BCUT2D eigenvalue weighted by atomic mass is 9.86. The molecule has 0 aliphatic carbocycles. The molecule has 4 rings (SSSR count). The molecule has 0 aromatic carbocycles. The molecule has 2 aliphatic heterocycles. The third-order valence-electron chi connectivity index (χ3n) is 5.41. The van der Waals surface area contributed by atoms with Crippen LogP contribution in [0, 0.1) is 5.41 Å². The average Bonchev–Trinajstić information content (AvgIpc) is 3.47. The van der Waals surface area contributed by atoms with Crippen LogP contribution in [0.15, 0.2) is 36.8 Å². The summed E-state index contributed by atoms with van der Waals surface area (Å²) in [5.41, 5.74) is 1.31. The summed E-state index contributed by atoms with van der Waals surface area (Å²) < 4.78 is 65.3. The number of carboxylic acids is 2. The highest BCUT2D eigenvalue weighted by Crippen LogP contribution is 2.41. The number of alkyl halides is 6. The third-order valence-corrected chi connectivity index (χ3v) is 5.41. The van der Waals surface area contributed by atoms with E-state index in [4.69, 9.17) is 19.8 Å². The van der Waals surface area contributed by atoms with E-state index in [1.165, 1.54) is 5.56 Å². The summed E-state index contributed by atoms with van der Waals surface area (Å²) in [6.45, 7) is 3.70. The lowest BCUT2D eigenvalue weighted by Crippen LogP contribution is -2.31. The second-order valence-corrected chi connectivity index (χ2v) is 8.43. The minimum absolute atomic E-state index is 0.0802. The number of aromatic nitrogens is 3. The molecule has 2 N–H and O–H groups in total. The summed E-state index contributed by atoms with van der Waals surface area (Å²) in [6.07, 6.45) is -2.73. The highest BCUT2D eigenvalue weighted by Gasteiger charge is 2.48. The van der Waals surface area contributed by atoms with E-state index in [0.29, 0.717) is 6.42 Å². The van der Waals surface area contributed by atoms with Crippen molar-refractivity contribution in [2.45, 2.75) is 31.7 Å². The number of aliphatic carboxylic acids is 2. The quantitative estimate of drug-likeness (QED) is 0.570. The Hall–Kier alpha value is -3.69. The Balaban J connectivity index is 0.000000286. The first-order chi connectivity index (χ1) is 17.0. The number of rotatable bonds is 3. The van der Waals surface area contributed by atoms with Gasteiger partial charge in [-0.2, -0.15) is 31.4 Å². The Bertz CT molecular complexity index is 1070. The van der Waals surface area contributed by atoms with E-state index < -0.39 is 24.3 Å². The standard InChI is InChI=1S/C17H21N5O.2C2HF3O2/c1-20-10-14(9-19-20)11-21-7-5-17(12-21)8-16(23)22(13-17)15-4-2-3-6-18-15;2*3-2(4,5)1(6)7/h2-4,6,9-10H,5,7-8,11-13H2,1H3;2*(H,6,7). The van der Waals surface area contributed by atoms with Gasteiger partial charge < -0.3 is 10.2 Å². The summed E-state index contributed by atoms with van der Waals surface area (Å²) in [5.74, 6) is -4.54. The number of carbonyl (C=O) groups is 3. The van der Waals surface area contributed by atoms with Gasteiger partial charge in [0.2, 0.25) is 5.91 Å². The first-order valence-corrected chi connectivity index (χ1v) is 10.5. The van der Waals surface area contributed by atoms with Crippen LogP contribution in [0.25, 0.3) is 0 Å². The van der Waals surface area contributed by atoms with Crippen molar-refractivity contribution < 1.29 is 50.9 Å². The van der Waals surface area contributed by atoms with E-state index in [-0.39, 0.29) is 11.3 Å². The lowest BCUT2D eigenvalue weighted by Gasteiger charge is -2.23. The maximum absolute atomic E-state index is 12.5. The molecule has 204 valence electrons. The van der Waals surface area contributed by atoms with Crippen molar-refractivity contribution in [1.82, 2.24) is 19.7 Å². The molecule has 0 bridgehead atoms. The molecule has 1 amide bonds. The van der Waals surface area contributed by atoms with Gasteiger partial charge in [-0.1, -0.05) is 6.07 Å². The van der Waals surface area contributed by atoms with E-state index in [1.54, 1.807) is 6.20 Å². The van der Waals surface area contributed by atoms with Crippen LogP contribution in [-0.4, -0.2) is 79.7 Å². The van der Waals surface area contributed by atoms with Crippen LogP contribution in [-0.2, 0) is 28.0 Å². The van der Waals surface area contributed by atoms with Gasteiger partial charge in [0, 0.05) is 56.5 Å². The molecule has 2 aromatic rings. The first-order valence-electron chi connectivity index (χ1n) is 10.5. The van der Waals surface area contributed by atoms with Crippen LogP contribution in [0.3, 0.4) is 0 Å². The fourth-order valence-electron chi connectivity index (χ4n) is 3.87. The maximum atomic E-state index is 12.5. The van der Waals surface area contributed by atoms with Crippen molar-refractivity contribution in [3.63, 3.8) is 0 Å². The number of hydrogen-bond acceptors (Lipinski definition) is 6. The SMILES string of the molecule is Cn1cc(CN2CCC3(CC(=O)N(c4ccccn4)C3)C2)cn1.O=C(O)C(F)(F)F.O=C(O)C(F)(F)F. The molecule has 2 aromatic heterocycles. The highest BCUT2D eigenvalue weighted by atomic mass is 19.4. The zero-order chi connectivity index (χ0) is 28.0. The Morgan fingerprint density at radius 1 is 1.05 bits per heavy atom. The largest absolute Gasteiger partial charge is 0.490 e. The molecule has 4 heterocycles. The monoisotopic (exact) mass is 539 g/mol.